The van der Waals surface area contributed by atoms with Crippen molar-refractivity contribution in [2.75, 3.05) is 13.1 Å². The van der Waals surface area contributed by atoms with Gasteiger partial charge >= 0.3 is 0 Å². The monoisotopic (exact) mass is 351 g/mol. The van der Waals surface area contributed by atoms with Gasteiger partial charge in [0, 0.05) is 16.6 Å². The summed E-state index contributed by atoms with van der Waals surface area (Å²) in [4.78, 5) is 12.9. The molecule has 4 rings (SSSR count). The first-order chi connectivity index (χ1) is 12.6. The van der Waals surface area contributed by atoms with E-state index in [2.05, 4.69) is 5.32 Å². The lowest BCUT2D eigenvalue weighted by molar-refractivity contribution is -0.118. The number of nitrogens with one attached hydrogen (secondary N) is 1. The number of hydrogen-bond donors (Lipinski definition) is 1. The predicted molar refractivity (Wildman–Crippen MR) is 98.3 cm³/mol. The summed E-state index contributed by atoms with van der Waals surface area (Å²) in [5, 5.41) is 3.34. The van der Waals surface area contributed by atoms with Crippen molar-refractivity contribution in [1.82, 2.24) is 5.32 Å². The molecule has 0 radical (unpaired) electrons. The number of hydrogen-bond acceptors (Lipinski definition) is 2. The SMILES string of the molecule is O=C1/C(=C/c2ccc(F)cc2)C2(CCNCC2)/C1=C\c1ccc(F)cc1. The van der Waals surface area contributed by atoms with Crippen LogP contribution in [0.15, 0.2) is 59.7 Å². The first kappa shape index (κ1) is 16.9. The lowest BCUT2D eigenvalue weighted by Crippen LogP contribution is -2.50. The zero-order valence-corrected chi connectivity index (χ0v) is 14.3. The van der Waals surface area contributed by atoms with Crippen LogP contribution in [0.3, 0.4) is 0 Å². The molecular weight excluding hydrogens is 332 g/mol. The number of halogens is 2. The minimum absolute atomic E-state index is 0.0283. The maximum absolute atomic E-state index is 13.1. The van der Waals surface area contributed by atoms with Crippen LogP contribution < -0.4 is 5.32 Å². The number of benzene rings is 2. The van der Waals surface area contributed by atoms with Gasteiger partial charge in [0.15, 0.2) is 5.78 Å². The van der Waals surface area contributed by atoms with Gasteiger partial charge in [-0.3, -0.25) is 4.79 Å². The van der Waals surface area contributed by atoms with Crippen LogP contribution in [0.1, 0.15) is 24.0 Å². The van der Waals surface area contributed by atoms with Gasteiger partial charge in [-0.15, -0.1) is 0 Å². The molecule has 1 N–H and O–H groups in total. The van der Waals surface area contributed by atoms with E-state index in [1.807, 2.05) is 12.2 Å². The summed E-state index contributed by atoms with van der Waals surface area (Å²) >= 11 is 0. The molecule has 0 aromatic heterocycles. The maximum atomic E-state index is 13.1. The van der Waals surface area contributed by atoms with E-state index < -0.39 is 0 Å². The maximum Gasteiger partial charge on any atom is 0.186 e. The number of rotatable bonds is 2. The molecule has 0 atom stereocenters. The smallest absolute Gasteiger partial charge is 0.186 e. The Morgan fingerprint density at radius 1 is 0.769 bits per heavy atom. The fraction of sp³-hybridized carbons (Fsp3) is 0.227. The molecule has 2 nitrogen and oxygen atoms in total. The van der Waals surface area contributed by atoms with Crippen LogP contribution in [0.5, 0.6) is 0 Å². The van der Waals surface area contributed by atoms with E-state index in [0.29, 0.717) is 0 Å². The molecule has 132 valence electrons. The van der Waals surface area contributed by atoms with E-state index in [4.69, 9.17) is 0 Å². The molecule has 1 saturated carbocycles. The van der Waals surface area contributed by atoms with E-state index >= 15 is 0 Å². The molecule has 1 heterocycles. The Morgan fingerprint density at radius 2 is 1.19 bits per heavy atom. The third-order valence-electron chi connectivity index (χ3n) is 5.34. The summed E-state index contributed by atoms with van der Waals surface area (Å²) in [5.74, 6) is -0.554. The van der Waals surface area contributed by atoms with Gasteiger partial charge in [0.2, 0.25) is 0 Å². The van der Waals surface area contributed by atoms with Crippen molar-refractivity contribution >= 4 is 17.9 Å². The first-order valence-electron chi connectivity index (χ1n) is 8.79. The highest BCUT2D eigenvalue weighted by molar-refractivity contribution is 6.23. The Morgan fingerprint density at radius 3 is 1.62 bits per heavy atom. The molecule has 0 unspecified atom stereocenters. The second-order valence-corrected chi connectivity index (χ2v) is 6.88. The molecule has 0 bridgehead atoms. The van der Waals surface area contributed by atoms with Gasteiger partial charge in [0.1, 0.15) is 11.6 Å². The quantitative estimate of drug-likeness (QED) is 0.814. The standard InChI is InChI=1S/C22H19F2NO/c23-17-5-1-15(2-6-17)13-19-21(26)20(22(19)9-11-25-12-10-22)14-16-3-7-18(24)8-4-16/h1-8,13-14,25H,9-12H2/b19-13-,20-14-. The van der Waals surface area contributed by atoms with Gasteiger partial charge in [-0.05, 0) is 73.5 Å². The number of allylic oxidation sites excluding steroid dienone is 2. The van der Waals surface area contributed by atoms with Crippen molar-refractivity contribution in [3.63, 3.8) is 0 Å². The van der Waals surface area contributed by atoms with Crippen molar-refractivity contribution in [2.45, 2.75) is 12.8 Å². The van der Waals surface area contributed by atoms with E-state index in [0.717, 1.165) is 48.2 Å². The average molecular weight is 351 g/mol. The first-order valence-corrected chi connectivity index (χ1v) is 8.79. The van der Waals surface area contributed by atoms with Crippen LogP contribution in [0, 0.1) is 17.0 Å². The molecule has 26 heavy (non-hydrogen) atoms. The van der Waals surface area contributed by atoms with Crippen LogP contribution in [-0.4, -0.2) is 18.9 Å². The Bertz CT molecular complexity index is 821. The number of piperidine rings is 1. The average Bonchev–Trinajstić information content (AvgIpc) is 2.67. The zero-order valence-electron chi connectivity index (χ0n) is 14.3. The van der Waals surface area contributed by atoms with E-state index in [1.165, 1.54) is 24.3 Å². The molecule has 1 aliphatic carbocycles. The van der Waals surface area contributed by atoms with Crippen molar-refractivity contribution < 1.29 is 13.6 Å². The lowest BCUT2D eigenvalue weighted by Gasteiger charge is -2.48. The van der Waals surface area contributed by atoms with Crippen LogP contribution in [0.2, 0.25) is 0 Å². The molecule has 1 spiro atoms. The molecule has 2 aromatic rings. The molecule has 0 amide bonds. The highest BCUT2D eigenvalue weighted by Gasteiger charge is 2.53. The van der Waals surface area contributed by atoms with Crippen LogP contribution in [-0.2, 0) is 4.79 Å². The number of carbonyl (C=O) groups is 1. The normalized spacial score (nSPS) is 22.0. The largest absolute Gasteiger partial charge is 0.317 e. The van der Waals surface area contributed by atoms with Crippen molar-refractivity contribution in [1.29, 1.82) is 0 Å². The van der Waals surface area contributed by atoms with Gasteiger partial charge in [-0.2, -0.15) is 0 Å². The van der Waals surface area contributed by atoms with Gasteiger partial charge in [0.05, 0.1) is 0 Å². The second kappa shape index (κ2) is 6.61. The van der Waals surface area contributed by atoms with Crippen molar-refractivity contribution in [2.24, 2.45) is 5.41 Å². The lowest BCUT2D eigenvalue weighted by atomic mass is 9.54. The van der Waals surface area contributed by atoms with Gasteiger partial charge in [-0.25, -0.2) is 8.78 Å². The molecule has 2 fully saturated rings. The minimum atomic E-state index is -0.291. The summed E-state index contributed by atoms with van der Waals surface area (Å²) in [6.07, 6.45) is 5.46. The van der Waals surface area contributed by atoms with E-state index in [-0.39, 0.29) is 22.8 Å². The summed E-state index contributed by atoms with van der Waals surface area (Å²) in [5.41, 5.74) is 2.96. The van der Waals surface area contributed by atoms with Crippen LogP contribution in [0.25, 0.3) is 12.2 Å². The molecule has 1 saturated heterocycles. The zero-order chi connectivity index (χ0) is 18.1. The summed E-state index contributed by atoms with van der Waals surface area (Å²) < 4.78 is 26.3. The van der Waals surface area contributed by atoms with Crippen molar-refractivity contribution in [3.05, 3.63) is 82.4 Å². The second-order valence-electron chi connectivity index (χ2n) is 6.88. The summed E-state index contributed by atoms with van der Waals surface area (Å²) in [6.45, 7) is 1.68. The molecular formula is C22H19F2NO. The van der Waals surface area contributed by atoms with Crippen LogP contribution in [0.4, 0.5) is 8.78 Å². The van der Waals surface area contributed by atoms with Gasteiger partial charge in [-0.1, -0.05) is 24.3 Å². The third-order valence-corrected chi connectivity index (χ3v) is 5.34. The van der Waals surface area contributed by atoms with E-state index in [9.17, 15) is 13.6 Å². The van der Waals surface area contributed by atoms with Crippen molar-refractivity contribution in [3.8, 4) is 0 Å². The Kier molecular flexibility index (Phi) is 4.29. The minimum Gasteiger partial charge on any atom is -0.317 e. The third kappa shape index (κ3) is 2.90. The molecule has 2 aromatic carbocycles. The number of carbonyl (C=O) groups excluding carboxylic acids is 1. The molecule has 4 heteroatoms. The fourth-order valence-electron chi connectivity index (χ4n) is 3.91. The number of Topliss-reactive ketones (excluding diaryl/α,β-unsaturated/α-hetero) is 1. The highest BCUT2D eigenvalue weighted by atomic mass is 19.1. The molecule has 2 aliphatic rings. The summed E-state index contributed by atoms with van der Waals surface area (Å²) in [7, 11) is 0. The van der Waals surface area contributed by atoms with E-state index in [1.54, 1.807) is 24.3 Å². The van der Waals surface area contributed by atoms with Gasteiger partial charge < -0.3 is 5.32 Å². The molecule has 1 aliphatic heterocycles. The fourth-order valence-corrected chi connectivity index (χ4v) is 3.91. The summed E-state index contributed by atoms with van der Waals surface area (Å²) in [6, 6.07) is 12.4. The van der Waals surface area contributed by atoms with Crippen LogP contribution >= 0.6 is 0 Å². The Balaban J connectivity index is 1.73. The Hall–Kier alpha value is -2.59. The topological polar surface area (TPSA) is 29.1 Å². The van der Waals surface area contributed by atoms with Gasteiger partial charge in [0.25, 0.3) is 0 Å². The highest BCUT2D eigenvalue weighted by Crippen LogP contribution is 2.55. The Labute approximate surface area is 151 Å². The predicted octanol–water partition coefficient (Wildman–Crippen LogP) is 4.38. The number of ketones is 1.